The van der Waals surface area contributed by atoms with Crippen molar-refractivity contribution in [3.05, 3.63) is 143 Å². The van der Waals surface area contributed by atoms with Gasteiger partial charge < -0.3 is 29.6 Å². The predicted molar refractivity (Wildman–Crippen MR) is 220 cm³/mol. The first-order valence-corrected chi connectivity index (χ1v) is 18.0. The topological polar surface area (TPSA) is 70.3 Å². The largest absolute Gasteiger partial charge is 0.352 e. The molecule has 8 bridgehead atoms. The summed E-state index contributed by atoms with van der Waals surface area (Å²) < 4.78 is 0. The molecule has 0 atom stereocenters. The summed E-state index contributed by atoms with van der Waals surface area (Å²) in [6.45, 7) is 11.6. The zero-order valence-electron chi connectivity index (χ0n) is 30.1. The number of aromatic amines is 2. The number of nitrogens with zero attached hydrogens (tertiary/aromatic N) is 6. The van der Waals surface area contributed by atoms with Crippen LogP contribution in [0.15, 0.2) is 120 Å². The normalized spacial score (nSPS) is 17.9. The number of rotatable bonds is 4. The van der Waals surface area contributed by atoms with Crippen LogP contribution < -0.4 is 19.6 Å². The van der Waals surface area contributed by atoms with E-state index in [-0.39, 0.29) is 0 Å². The second-order valence-electron chi connectivity index (χ2n) is 14.1. The van der Waals surface area contributed by atoms with Crippen molar-refractivity contribution in [2.75, 3.05) is 45.8 Å². The van der Waals surface area contributed by atoms with Crippen LogP contribution >= 0.6 is 0 Å². The quantitative estimate of drug-likeness (QED) is 0.197. The fourth-order valence-electron chi connectivity index (χ4n) is 7.33. The smallest absolute Gasteiger partial charge is 0.0909 e. The Morgan fingerprint density at radius 1 is 0.385 bits per heavy atom. The molecule has 8 nitrogen and oxygen atoms in total. The highest BCUT2D eigenvalue weighted by molar-refractivity contribution is 5.97. The summed E-state index contributed by atoms with van der Waals surface area (Å²) >= 11 is 0. The minimum atomic E-state index is 0.755. The first-order chi connectivity index (χ1) is 25.4. The van der Waals surface area contributed by atoms with Crippen molar-refractivity contribution in [1.82, 2.24) is 19.9 Å². The van der Waals surface area contributed by atoms with E-state index in [4.69, 9.17) is 9.97 Å². The number of fused-ring (bicyclic) bond motifs is 8. The molecule has 3 aromatic heterocycles. The lowest BCUT2D eigenvalue weighted by molar-refractivity contribution is 1.03. The van der Waals surface area contributed by atoms with E-state index in [0.29, 0.717) is 0 Å². The molecule has 3 aromatic rings. The van der Waals surface area contributed by atoms with E-state index in [1.54, 1.807) is 0 Å². The SMILES string of the molecule is CC1=CCN(c2c3nc(c(N4C=CC(C)=CC4)c4ccc([nH]4)c(N4C=CC(C)=CC4)c4nc(c(N5C=CC(C)=CC5)c5ccc2[nH]5)C=C4)C=C3)C=C1. The van der Waals surface area contributed by atoms with Gasteiger partial charge in [-0.25, -0.2) is 9.97 Å². The summed E-state index contributed by atoms with van der Waals surface area (Å²) in [5.41, 5.74) is 16.7. The van der Waals surface area contributed by atoms with Crippen LogP contribution in [0.25, 0.3) is 46.4 Å². The first kappa shape index (κ1) is 31.7. The maximum atomic E-state index is 5.41. The molecule has 0 unspecified atom stereocenters. The van der Waals surface area contributed by atoms with Gasteiger partial charge in [0, 0.05) is 51.0 Å². The molecule has 0 spiro atoms. The fourth-order valence-corrected chi connectivity index (χ4v) is 7.33. The standard InChI is InChI=1S/C44H42N8/c1-29-13-21-49(22-14-29)41-33-5-7-35(45-33)42(50-23-15-30(2)16-24-50)37-9-11-39(47-37)44(52-27-19-32(4)20-28-52)40-12-10-38(48-40)43(36-8-6-34(41)46-36)51-25-17-31(3)18-26-51/h5-21,23,25,27,45,48H,22,24,26,28H2,1-4H3. The van der Waals surface area contributed by atoms with Crippen LogP contribution in [0, 0.1) is 0 Å². The molecule has 0 saturated heterocycles. The van der Waals surface area contributed by atoms with Crippen molar-refractivity contribution >= 4 is 69.1 Å². The lowest BCUT2D eigenvalue weighted by atomic mass is 10.2. The molecule has 0 aliphatic carbocycles. The second kappa shape index (κ2) is 12.8. The molecule has 52 heavy (non-hydrogen) atoms. The molecule has 6 aliphatic rings. The van der Waals surface area contributed by atoms with Crippen molar-refractivity contribution in [2.45, 2.75) is 27.7 Å². The molecule has 9 rings (SSSR count). The third-order valence-corrected chi connectivity index (χ3v) is 10.3. The maximum Gasteiger partial charge on any atom is 0.0909 e. The number of anilines is 4. The van der Waals surface area contributed by atoms with Gasteiger partial charge in [0.25, 0.3) is 0 Å². The number of H-pyrrole nitrogens is 2. The average Bonchev–Trinajstić information content (AvgIpc) is 3.99. The lowest BCUT2D eigenvalue weighted by Crippen LogP contribution is -2.21. The summed E-state index contributed by atoms with van der Waals surface area (Å²) in [4.78, 5) is 27.7. The Bertz CT molecular complexity index is 2150. The minimum Gasteiger partial charge on any atom is -0.352 e. The van der Waals surface area contributed by atoms with E-state index in [1.807, 2.05) is 0 Å². The van der Waals surface area contributed by atoms with Gasteiger partial charge >= 0.3 is 0 Å². The third kappa shape index (κ3) is 5.76. The number of hydrogen-bond acceptors (Lipinski definition) is 6. The Labute approximate surface area is 304 Å². The van der Waals surface area contributed by atoms with E-state index >= 15 is 0 Å². The van der Waals surface area contributed by atoms with Gasteiger partial charge in [-0.05, 0) is 101 Å². The summed E-state index contributed by atoms with van der Waals surface area (Å²) in [5.74, 6) is 0. The number of allylic oxidation sites excluding steroid dienone is 8. The van der Waals surface area contributed by atoms with Crippen molar-refractivity contribution < 1.29 is 0 Å². The Balaban J connectivity index is 1.38. The van der Waals surface area contributed by atoms with Crippen LogP contribution in [-0.2, 0) is 0 Å². The van der Waals surface area contributed by atoms with Gasteiger partial charge in [0.1, 0.15) is 0 Å². The highest BCUT2D eigenvalue weighted by atomic mass is 15.2. The predicted octanol–water partition coefficient (Wildman–Crippen LogP) is 9.78. The second-order valence-corrected chi connectivity index (χ2v) is 14.1. The van der Waals surface area contributed by atoms with Crippen molar-refractivity contribution in [1.29, 1.82) is 0 Å². The van der Waals surface area contributed by atoms with Crippen molar-refractivity contribution in [2.24, 2.45) is 0 Å². The van der Waals surface area contributed by atoms with E-state index in [9.17, 15) is 0 Å². The zero-order chi connectivity index (χ0) is 35.3. The molecule has 0 amide bonds. The molecule has 0 fully saturated rings. The van der Waals surface area contributed by atoms with Gasteiger partial charge in [0.2, 0.25) is 0 Å². The van der Waals surface area contributed by atoms with Crippen LogP contribution in [-0.4, -0.2) is 46.1 Å². The van der Waals surface area contributed by atoms with Crippen LogP contribution in [0.5, 0.6) is 0 Å². The van der Waals surface area contributed by atoms with Crippen molar-refractivity contribution in [3.63, 3.8) is 0 Å². The Hall–Kier alpha value is -6.28. The molecular weight excluding hydrogens is 641 g/mol. The summed E-state index contributed by atoms with van der Waals surface area (Å²) in [6, 6.07) is 8.73. The molecular formula is C44H42N8. The Kier molecular flexibility index (Phi) is 7.80. The van der Waals surface area contributed by atoms with Crippen LogP contribution in [0.2, 0.25) is 0 Å². The van der Waals surface area contributed by atoms with Gasteiger partial charge in [-0.1, -0.05) is 46.6 Å². The van der Waals surface area contributed by atoms with Crippen LogP contribution in [0.3, 0.4) is 0 Å². The van der Waals surface area contributed by atoms with Gasteiger partial charge in [0.05, 0.1) is 67.6 Å². The fraction of sp³-hybridized carbons (Fsp3) is 0.182. The van der Waals surface area contributed by atoms with E-state index < -0.39 is 0 Å². The van der Waals surface area contributed by atoms with Crippen molar-refractivity contribution in [3.8, 4) is 0 Å². The number of nitrogens with one attached hydrogen (secondary N) is 2. The highest BCUT2D eigenvalue weighted by Crippen LogP contribution is 2.38. The van der Waals surface area contributed by atoms with Gasteiger partial charge in [0.15, 0.2) is 0 Å². The Morgan fingerprint density at radius 3 is 0.846 bits per heavy atom. The molecule has 6 aliphatic heterocycles. The van der Waals surface area contributed by atoms with E-state index in [2.05, 4.69) is 179 Å². The average molecular weight is 683 g/mol. The summed E-state index contributed by atoms with van der Waals surface area (Å²) in [5, 5.41) is 0. The molecule has 0 radical (unpaired) electrons. The monoisotopic (exact) mass is 682 g/mol. The van der Waals surface area contributed by atoms with Gasteiger partial charge in [-0.2, -0.15) is 0 Å². The number of hydrogen-bond donors (Lipinski definition) is 2. The molecule has 9 heterocycles. The van der Waals surface area contributed by atoms with Crippen LogP contribution in [0.1, 0.15) is 50.5 Å². The summed E-state index contributed by atoms with van der Waals surface area (Å²) in [6.07, 6.45) is 35.0. The Morgan fingerprint density at radius 2 is 0.635 bits per heavy atom. The first-order valence-electron chi connectivity index (χ1n) is 18.0. The third-order valence-electron chi connectivity index (χ3n) is 10.3. The van der Waals surface area contributed by atoms with E-state index in [1.165, 1.54) is 22.3 Å². The van der Waals surface area contributed by atoms with Gasteiger partial charge in [-0.15, -0.1) is 0 Å². The molecule has 0 aromatic carbocycles. The number of aromatic nitrogens is 4. The molecule has 258 valence electrons. The zero-order valence-corrected chi connectivity index (χ0v) is 30.1. The molecule has 0 saturated carbocycles. The minimum absolute atomic E-state index is 0.755. The summed E-state index contributed by atoms with van der Waals surface area (Å²) in [7, 11) is 0. The molecule has 8 heteroatoms. The molecule has 2 N–H and O–H groups in total. The van der Waals surface area contributed by atoms with Crippen LogP contribution in [0.4, 0.5) is 22.7 Å². The van der Waals surface area contributed by atoms with Gasteiger partial charge in [-0.3, -0.25) is 0 Å². The maximum absolute atomic E-state index is 5.41. The van der Waals surface area contributed by atoms with E-state index in [0.717, 1.165) is 93.8 Å². The highest BCUT2D eigenvalue weighted by Gasteiger charge is 2.23. The lowest BCUT2D eigenvalue weighted by Gasteiger charge is -2.24.